The Labute approximate surface area is 113 Å². The molecule has 1 N–H and O–H groups in total. The highest BCUT2D eigenvalue weighted by atomic mass is 35.5. The second kappa shape index (κ2) is 6.83. The summed E-state index contributed by atoms with van der Waals surface area (Å²) in [6.07, 6.45) is 1.71. The largest absolute Gasteiger partial charge is 0.350 e. The number of rotatable bonds is 7. The maximum atomic E-state index is 11.7. The van der Waals surface area contributed by atoms with Gasteiger partial charge in [-0.25, -0.2) is 0 Å². The van der Waals surface area contributed by atoms with Gasteiger partial charge in [0.05, 0.1) is 4.92 Å². The normalized spacial score (nSPS) is 10.2. The van der Waals surface area contributed by atoms with Crippen molar-refractivity contribution in [1.29, 1.82) is 0 Å². The molecule has 0 aliphatic carbocycles. The molecule has 8 nitrogen and oxygen atoms in total. The quantitative estimate of drug-likeness (QED) is 0.350. The van der Waals surface area contributed by atoms with Crippen molar-refractivity contribution in [2.75, 3.05) is 6.54 Å². The average molecular weight is 289 g/mol. The summed E-state index contributed by atoms with van der Waals surface area (Å²) in [5.41, 5.74) is -0.572. The topological polar surface area (TPSA) is 107 Å². The number of aryl methyl sites for hydroxylation is 1. The van der Waals surface area contributed by atoms with Crippen LogP contribution in [0.2, 0.25) is 0 Å². The highest BCUT2D eigenvalue weighted by molar-refractivity contribution is 6.63. The molecule has 0 spiro atoms. The average Bonchev–Trinajstić information content (AvgIpc) is 2.78. The number of nitro groups is 1. The number of halogens is 1. The van der Waals surface area contributed by atoms with Crippen LogP contribution in [0.5, 0.6) is 0 Å². The van der Waals surface area contributed by atoms with Gasteiger partial charge in [0.25, 0.3) is 5.91 Å². The Hall–Kier alpha value is -1.96. The summed E-state index contributed by atoms with van der Waals surface area (Å²) in [4.78, 5) is 32.4. The first-order valence-electron chi connectivity index (χ1n) is 5.64. The molecule has 0 radical (unpaired) electrons. The molecule has 0 bridgehead atoms. The van der Waals surface area contributed by atoms with Crippen molar-refractivity contribution in [3.63, 3.8) is 0 Å². The monoisotopic (exact) mass is 288 g/mol. The van der Waals surface area contributed by atoms with Gasteiger partial charge in [-0.05, 0) is 24.9 Å². The molecule has 104 valence electrons. The molecule has 0 saturated carbocycles. The number of carbonyl (C=O) groups excluding carboxylic acids is 2. The third-order valence-corrected chi connectivity index (χ3v) is 2.50. The number of hydrogen-bond acceptors (Lipinski definition) is 5. The molecule has 1 aromatic heterocycles. The van der Waals surface area contributed by atoms with Gasteiger partial charge in [-0.15, -0.1) is 0 Å². The summed E-state index contributed by atoms with van der Waals surface area (Å²) in [5.74, 6) is -0.638. The van der Waals surface area contributed by atoms with E-state index in [4.69, 9.17) is 11.6 Å². The molecule has 19 heavy (non-hydrogen) atoms. The lowest BCUT2D eigenvalue weighted by molar-refractivity contribution is -0.385. The number of nitrogens with zero attached hydrogens (tertiary/aromatic N) is 3. The minimum atomic E-state index is -0.656. The lowest BCUT2D eigenvalue weighted by Crippen LogP contribution is -2.26. The highest BCUT2D eigenvalue weighted by Crippen LogP contribution is 2.16. The summed E-state index contributed by atoms with van der Waals surface area (Å²) >= 11 is 5.14. The third-order valence-electron chi connectivity index (χ3n) is 2.31. The summed E-state index contributed by atoms with van der Waals surface area (Å²) in [6, 6.07) is 0. The molecule has 0 aliphatic rings. The standard InChI is InChI=1S/C10H13ClN4O4/c1-2-14-6-7(15(18)19)9(13-14)10(17)12-5-3-4-8(11)16/h6H,2-5H2,1H3,(H,12,17). The van der Waals surface area contributed by atoms with Crippen LogP contribution in [0.15, 0.2) is 6.20 Å². The van der Waals surface area contributed by atoms with Gasteiger partial charge >= 0.3 is 5.69 Å². The van der Waals surface area contributed by atoms with Crippen LogP contribution in [0.1, 0.15) is 30.3 Å². The van der Waals surface area contributed by atoms with Gasteiger partial charge in [0.2, 0.25) is 10.9 Å². The second-order valence-electron chi connectivity index (χ2n) is 3.69. The first-order chi connectivity index (χ1) is 8.95. The van der Waals surface area contributed by atoms with Crippen molar-refractivity contribution in [2.45, 2.75) is 26.3 Å². The summed E-state index contributed by atoms with van der Waals surface area (Å²) in [6.45, 7) is 2.38. The van der Waals surface area contributed by atoms with Crippen molar-refractivity contribution in [1.82, 2.24) is 15.1 Å². The summed E-state index contributed by atoms with van der Waals surface area (Å²) in [5, 5.41) is 16.6. The number of nitrogens with one attached hydrogen (secondary N) is 1. The maximum Gasteiger partial charge on any atom is 0.320 e. The van der Waals surface area contributed by atoms with Gasteiger partial charge in [-0.3, -0.25) is 24.4 Å². The molecular formula is C10H13ClN4O4. The molecule has 0 aromatic carbocycles. The minimum Gasteiger partial charge on any atom is -0.350 e. The molecule has 0 unspecified atom stereocenters. The van der Waals surface area contributed by atoms with E-state index in [9.17, 15) is 19.7 Å². The van der Waals surface area contributed by atoms with Crippen LogP contribution in [-0.2, 0) is 11.3 Å². The van der Waals surface area contributed by atoms with Crippen LogP contribution < -0.4 is 5.32 Å². The number of carbonyl (C=O) groups is 2. The predicted octanol–water partition coefficient (Wildman–Crippen LogP) is 1.09. The van der Waals surface area contributed by atoms with Gasteiger partial charge in [0.15, 0.2) is 0 Å². The molecule has 0 fully saturated rings. The van der Waals surface area contributed by atoms with Gasteiger partial charge in [0, 0.05) is 19.5 Å². The molecule has 1 rings (SSSR count). The fourth-order valence-corrected chi connectivity index (χ4v) is 1.51. The van der Waals surface area contributed by atoms with Crippen molar-refractivity contribution >= 4 is 28.4 Å². The fraction of sp³-hybridized carbons (Fsp3) is 0.500. The smallest absolute Gasteiger partial charge is 0.320 e. The Bertz CT molecular complexity index is 500. The zero-order valence-corrected chi connectivity index (χ0v) is 11.0. The van der Waals surface area contributed by atoms with Gasteiger partial charge in [0.1, 0.15) is 6.20 Å². The summed E-state index contributed by atoms with van der Waals surface area (Å²) < 4.78 is 1.31. The first-order valence-corrected chi connectivity index (χ1v) is 6.01. The van der Waals surface area contributed by atoms with Gasteiger partial charge in [-0.1, -0.05) is 0 Å². The highest BCUT2D eigenvalue weighted by Gasteiger charge is 2.24. The van der Waals surface area contributed by atoms with E-state index in [0.717, 1.165) is 0 Å². The number of aromatic nitrogens is 2. The minimum absolute atomic E-state index is 0.132. The third kappa shape index (κ3) is 4.32. The van der Waals surface area contributed by atoms with E-state index in [0.29, 0.717) is 13.0 Å². The Morgan fingerprint density at radius 1 is 1.58 bits per heavy atom. The Morgan fingerprint density at radius 3 is 2.79 bits per heavy atom. The molecule has 0 saturated heterocycles. The van der Waals surface area contributed by atoms with Crippen LogP contribution in [0.3, 0.4) is 0 Å². The lowest BCUT2D eigenvalue weighted by Gasteiger charge is -2.01. The summed E-state index contributed by atoms with van der Waals surface area (Å²) in [7, 11) is 0. The van der Waals surface area contributed by atoms with Crippen LogP contribution in [0.4, 0.5) is 5.69 Å². The van der Waals surface area contributed by atoms with Crippen molar-refractivity contribution in [3.05, 3.63) is 22.0 Å². The van der Waals surface area contributed by atoms with E-state index < -0.39 is 16.1 Å². The van der Waals surface area contributed by atoms with E-state index in [1.54, 1.807) is 6.92 Å². The van der Waals surface area contributed by atoms with Crippen molar-refractivity contribution in [2.24, 2.45) is 0 Å². The second-order valence-corrected chi connectivity index (χ2v) is 4.11. The van der Waals surface area contributed by atoms with Crippen LogP contribution in [-0.4, -0.2) is 32.4 Å². The van der Waals surface area contributed by atoms with Crippen LogP contribution >= 0.6 is 11.6 Å². The molecule has 0 aliphatic heterocycles. The Morgan fingerprint density at radius 2 is 2.26 bits per heavy atom. The van der Waals surface area contributed by atoms with E-state index in [-0.39, 0.29) is 24.3 Å². The number of amides is 1. The molecule has 9 heteroatoms. The molecule has 1 aromatic rings. The number of hydrogen-bond donors (Lipinski definition) is 1. The lowest BCUT2D eigenvalue weighted by atomic mass is 10.3. The van der Waals surface area contributed by atoms with E-state index in [1.807, 2.05) is 0 Å². The first kappa shape index (κ1) is 15.1. The zero-order valence-electron chi connectivity index (χ0n) is 10.3. The van der Waals surface area contributed by atoms with E-state index >= 15 is 0 Å². The SMILES string of the molecule is CCn1cc([N+](=O)[O-])c(C(=O)NCCCC(=O)Cl)n1. The van der Waals surface area contributed by atoms with Crippen LogP contribution in [0.25, 0.3) is 0 Å². The van der Waals surface area contributed by atoms with Gasteiger partial charge in [-0.2, -0.15) is 5.10 Å². The Kier molecular flexibility index (Phi) is 5.43. The Balaban J connectivity index is 2.68. The molecule has 1 amide bonds. The molecule has 0 atom stereocenters. The maximum absolute atomic E-state index is 11.7. The van der Waals surface area contributed by atoms with E-state index in [2.05, 4.69) is 10.4 Å². The van der Waals surface area contributed by atoms with Crippen molar-refractivity contribution in [3.8, 4) is 0 Å². The van der Waals surface area contributed by atoms with E-state index in [1.165, 1.54) is 10.9 Å². The molecular weight excluding hydrogens is 276 g/mol. The van der Waals surface area contributed by atoms with Gasteiger partial charge < -0.3 is 5.32 Å². The predicted molar refractivity (Wildman–Crippen MR) is 67.0 cm³/mol. The zero-order chi connectivity index (χ0) is 14.4. The van der Waals surface area contributed by atoms with Crippen molar-refractivity contribution < 1.29 is 14.5 Å². The van der Waals surface area contributed by atoms with Crippen LogP contribution in [0, 0.1) is 10.1 Å². The fourth-order valence-electron chi connectivity index (χ4n) is 1.38. The molecule has 1 heterocycles.